The van der Waals surface area contributed by atoms with Gasteiger partial charge in [0.1, 0.15) is 5.75 Å². The maximum Gasteiger partial charge on any atom is 0.338 e. The predicted octanol–water partition coefficient (Wildman–Crippen LogP) is 1.76. The van der Waals surface area contributed by atoms with Gasteiger partial charge >= 0.3 is 5.97 Å². The Labute approximate surface area is 170 Å². The van der Waals surface area contributed by atoms with Crippen LogP contribution in [0.4, 0.5) is 0 Å². The average Bonchev–Trinajstić information content (AvgIpc) is 2.71. The van der Waals surface area contributed by atoms with E-state index in [4.69, 9.17) is 9.47 Å². The van der Waals surface area contributed by atoms with Gasteiger partial charge in [-0.05, 0) is 42.0 Å². The first kappa shape index (κ1) is 22.4. The molecule has 2 aromatic rings. The first-order valence-electron chi connectivity index (χ1n) is 8.71. The molecule has 8 nitrogen and oxygen atoms in total. The fraction of sp³-hybridized carbons (Fsp3) is 0.300. The van der Waals surface area contributed by atoms with Crippen molar-refractivity contribution < 1.29 is 27.5 Å². The van der Waals surface area contributed by atoms with E-state index in [9.17, 15) is 18.0 Å². The van der Waals surface area contributed by atoms with Crippen LogP contribution in [0.2, 0.25) is 0 Å². The van der Waals surface area contributed by atoms with Gasteiger partial charge in [-0.2, -0.15) is 0 Å². The number of benzene rings is 2. The van der Waals surface area contributed by atoms with Crippen molar-refractivity contribution in [2.75, 3.05) is 34.9 Å². The van der Waals surface area contributed by atoms with Gasteiger partial charge in [-0.15, -0.1) is 0 Å². The standard InChI is InChI=1S/C20H24N2O6S/c1-21(2)29(25,26)18-10-8-16(9-11-18)20(24)28-14-19(23)22(3)13-15-6-5-7-17(12-15)27-4/h5-12H,13-14H2,1-4H3. The van der Waals surface area contributed by atoms with E-state index in [1.54, 1.807) is 14.2 Å². The molecule has 0 unspecified atom stereocenters. The molecule has 156 valence electrons. The second-order valence-electron chi connectivity index (χ2n) is 6.49. The topological polar surface area (TPSA) is 93.2 Å². The van der Waals surface area contributed by atoms with E-state index in [-0.39, 0.29) is 16.4 Å². The molecule has 0 heterocycles. The van der Waals surface area contributed by atoms with Gasteiger partial charge in [0.15, 0.2) is 6.61 Å². The smallest absolute Gasteiger partial charge is 0.338 e. The summed E-state index contributed by atoms with van der Waals surface area (Å²) in [4.78, 5) is 25.9. The number of carbonyl (C=O) groups is 2. The van der Waals surface area contributed by atoms with Gasteiger partial charge in [-0.3, -0.25) is 4.79 Å². The van der Waals surface area contributed by atoms with Crippen molar-refractivity contribution in [3.8, 4) is 5.75 Å². The van der Waals surface area contributed by atoms with E-state index in [0.717, 1.165) is 9.87 Å². The lowest BCUT2D eigenvalue weighted by Crippen LogP contribution is -2.30. The highest BCUT2D eigenvalue weighted by Crippen LogP contribution is 2.15. The van der Waals surface area contributed by atoms with Crippen LogP contribution in [0.3, 0.4) is 0 Å². The monoisotopic (exact) mass is 420 g/mol. The molecule has 29 heavy (non-hydrogen) atoms. The highest BCUT2D eigenvalue weighted by Gasteiger charge is 2.18. The van der Waals surface area contributed by atoms with Crippen molar-refractivity contribution in [3.05, 3.63) is 59.7 Å². The number of amides is 1. The lowest BCUT2D eigenvalue weighted by Gasteiger charge is -2.17. The van der Waals surface area contributed by atoms with Crippen molar-refractivity contribution in [3.63, 3.8) is 0 Å². The first-order chi connectivity index (χ1) is 13.6. The summed E-state index contributed by atoms with van der Waals surface area (Å²) in [7, 11) is 2.44. The summed E-state index contributed by atoms with van der Waals surface area (Å²) in [5.41, 5.74) is 1.04. The summed E-state index contributed by atoms with van der Waals surface area (Å²) in [6.07, 6.45) is 0. The van der Waals surface area contributed by atoms with Crippen LogP contribution in [0.15, 0.2) is 53.4 Å². The minimum atomic E-state index is -3.58. The third-order valence-electron chi connectivity index (χ3n) is 4.17. The van der Waals surface area contributed by atoms with Crippen molar-refractivity contribution in [1.29, 1.82) is 0 Å². The molecular weight excluding hydrogens is 396 g/mol. The lowest BCUT2D eigenvalue weighted by molar-refractivity contribution is -0.133. The van der Waals surface area contributed by atoms with Crippen LogP contribution in [0.1, 0.15) is 15.9 Å². The maximum absolute atomic E-state index is 12.2. The maximum atomic E-state index is 12.2. The molecule has 0 saturated carbocycles. The summed E-state index contributed by atoms with van der Waals surface area (Å²) < 4.78 is 35.4. The molecule has 0 radical (unpaired) electrons. The molecule has 2 rings (SSSR count). The predicted molar refractivity (Wildman–Crippen MR) is 107 cm³/mol. The van der Waals surface area contributed by atoms with Crippen molar-refractivity contribution in [1.82, 2.24) is 9.21 Å². The number of rotatable bonds is 8. The second-order valence-corrected chi connectivity index (χ2v) is 8.64. The van der Waals surface area contributed by atoms with Crippen molar-refractivity contribution >= 4 is 21.9 Å². The largest absolute Gasteiger partial charge is 0.497 e. The molecule has 0 aliphatic carbocycles. The molecule has 1 amide bonds. The summed E-state index contributed by atoms with van der Waals surface area (Å²) in [5, 5.41) is 0. The molecule has 0 N–H and O–H groups in total. The zero-order valence-corrected chi connectivity index (χ0v) is 17.6. The fourth-order valence-electron chi connectivity index (χ4n) is 2.43. The molecule has 0 aliphatic rings. The van der Waals surface area contributed by atoms with Crippen LogP contribution >= 0.6 is 0 Å². The summed E-state index contributed by atoms with van der Waals surface area (Å²) in [6.45, 7) is -0.0816. The van der Waals surface area contributed by atoms with E-state index >= 15 is 0 Å². The van der Waals surface area contributed by atoms with E-state index < -0.39 is 22.6 Å². The Morgan fingerprint density at radius 2 is 1.66 bits per heavy atom. The Hall–Kier alpha value is -2.91. The van der Waals surface area contributed by atoms with Gasteiger partial charge in [-0.1, -0.05) is 12.1 Å². The molecule has 0 fully saturated rings. The Morgan fingerprint density at radius 1 is 1.00 bits per heavy atom. The first-order valence-corrected chi connectivity index (χ1v) is 10.2. The summed E-state index contributed by atoms with van der Waals surface area (Å²) in [6, 6.07) is 12.7. The van der Waals surface area contributed by atoms with Gasteiger partial charge in [0.2, 0.25) is 10.0 Å². The number of ether oxygens (including phenoxy) is 2. The molecule has 2 aromatic carbocycles. The summed E-state index contributed by atoms with van der Waals surface area (Å²) in [5.74, 6) is -0.385. The van der Waals surface area contributed by atoms with Crippen LogP contribution < -0.4 is 4.74 Å². The molecule has 0 aliphatic heterocycles. The number of hydrogen-bond donors (Lipinski definition) is 0. The van der Waals surface area contributed by atoms with Crippen LogP contribution in [0.5, 0.6) is 5.75 Å². The number of methoxy groups -OCH3 is 1. The Kier molecular flexibility index (Phi) is 7.35. The normalized spacial score (nSPS) is 11.2. The van der Waals surface area contributed by atoms with Crippen LogP contribution in [-0.4, -0.2) is 64.4 Å². The Bertz CT molecular complexity index is 971. The van der Waals surface area contributed by atoms with E-state index in [2.05, 4.69) is 0 Å². The molecule has 9 heteroatoms. The molecule has 0 spiro atoms. The third-order valence-corrected chi connectivity index (χ3v) is 6.00. The van der Waals surface area contributed by atoms with Crippen LogP contribution in [0, 0.1) is 0 Å². The Balaban J connectivity index is 1.93. The van der Waals surface area contributed by atoms with E-state index in [1.165, 1.54) is 43.3 Å². The number of hydrogen-bond acceptors (Lipinski definition) is 6. The number of esters is 1. The van der Waals surface area contributed by atoms with Gasteiger partial charge in [0.25, 0.3) is 5.91 Å². The highest BCUT2D eigenvalue weighted by atomic mass is 32.2. The quantitative estimate of drug-likeness (QED) is 0.604. The number of carbonyl (C=O) groups excluding carboxylic acids is 2. The minimum absolute atomic E-state index is 0.0631. The lowest BCUT2D eigenvalue weighted by atomic mass is 10.2. The number of nitrogens with zero attached hydrogens (tertiary/aromatic N) is 2. The average molecular weight is 420 g/mol. The van der Waals surface area contributed by atoms with Gasteiger partial charge in [-0.25, -0.2) is 17.5 Å². The van der Waals surface area contributed by atoms with Gasteiger partial charge in [0, 0.05) is 27.7 Å². The molecular formula is C20H24N2O6S. The SMILES string of the molecule is COc1cccc(CN(C)C(=O)COC(=O)c2ccc(S(=O)(=O)N(C)C)cc2)c1. The fourth-order valence-corrected chi connectivity index (χ4v) is 3.33. The summed E-state index contributed by atoms with van der Waals surface area (Å²) >= 11 is 0. The van der Waals surface area contributed by atoms with Crippen molar-refractivity contribution in [2.24, 2.45) is 0 Å². The molecule has 0 aromatic heterocycles. The molecule has 0 saturated heterocycles. The van der Waals surface area contributed by atoms with E-state index in [1.807, 2.05) is 24.3 Å². The molecule has 0 bridgehead atoms. The second kappa shape index (κ2) is 9.53. The van der Waals surface area contributed by atoms with Crippen LogP contribution in [-0.2, 0) is 26.1 Å². The zero-order chi connectivity index (χ0) is 21.6. The molecule has 0 atom stereocenters. The minimum Gasteiger partial charge on any atom is -0.497 e. The van der Waals surface area contributed by atoms with E-state index in [0.29, 0.717) is 12.3 Å². The number of sulfonamides is 1. The Morgan fingerprint density at radius 3 is 2.24 bits per heavy atom. The number of likely N-dealkylation sites (N-methyl/N-ethyl adjacent to an activating group) is 1. The van der Waals surface area contributed by atoms with Crippen molar-refractivity contribution in [2.45, 2.75) is 11.4 Å². The zero-order valence-electron chi connectivity index (χ0n) is 16.8. The highest BCUT2D eigenvalue weighted by molar-refractivity contribution is 7.89. The third kappa shape index (κ3) is 5.78. The van der Waals surface area contributed by atoms with Gasteiger partial charge < -0.3 is 14.4 Å². The van der Waals surface area contributed by atoms with Crippen LogP contribution in [0.25, 0.3) is 0 Å². The van der Waals surface area contributed by atoms with Gasteiger partial charge in [0.05, 0.1) is 17.6 Å².